The Balaban J connectivity index is 1.67. The van der Waals surface area contributed by atoms with Gasteiger partial charge in [0.15, 0.2) is 0 Å². The molecule has 1 unspecified atom stereocenters. The number of carbonyl (C=O) groups excluding carboxylic acids is 2. The van der Waals surface area contributed by atoms with Crippen molar-refractivity contribution < 1.29 is 29.0 Å². The van der Waals surface area contributed by atoms with Crippen molar-refractivity contribution in [3.63, 3.8) is 0 Å². The third kappa shape index (κ3) is 4.99. The maximum atomic E-state index is 12.7. The van der Waals surface area contributed by atoms with E-state index in [4.69, 9.17) is 15.2 Å². The highest BCUT2D eigenvalue weighted by atomic mass is 16.6. The maximum Gasteiger partial charge on any atom is 0.337 e. The summed E-state index contributed by atoms with van der Waals surface area (Å²) in [6.07, 6.45) is -0.194. The number of hydrogen-bond acceptors (Lipinski definition) is 6. The van der Waals surface area contributed by atoms with Crippen molar-refractivity contribution in [3.05, 3.63) is 59.7 Å². The van der Waals surface area contributed by atoms with Crippen LogP contribution in [0.2, 0.25) is 0 Å². The number of fused-ring (bicyclic) bond motifs is 3. The standard InChI is InChI=1S/C25H29NO6/c1-24(2,3)32-21(27)13-8-14-25(26,22(28)29)23(30)31-15-20-18-11-6-4-9-16(18)17-10-5-7-12-19(17)20/h4-7,9-12,20H,8,13-15,26H2,1-3H3,(H,28,29). The van der Waals surface area contributed by atoms with Crippen LogP contribution in [0.3, 0.4) is 0 Å². The van der Waals surface area contributed by atoms with Crippen LogP contribution in [0.5, 0.6) is 0 Å². The molecule has 2 aromatic carbocycles. The van der Waals surface area contributed by atoms with Gasteiger partial charge in [0, 0.05) is 12.3 Å². The Labute approximate surface area is 187 Å². The number of carbonyl (C=O) groups is 3. The lowest BCUT2D eigenvalue weighted by molar-refractivity contribution is -0.163. The van der Waals surface area contributed by atoms with E-state index in [9.17, 15) is 19.5 Å². The van der Waals surface area contributed by atoms with Crippen molar-refractivity contribution in [3.8, 4) is 11.1 Å². The molecule has 3 N–H and O–H groups in total. The van der Waals surface area contributed by atoms with Crippen molar-refractivity contribution in [2.45, 2.75) is 57.1 Å². The van der Waals surface area contributed by atoms with Gasteiger partial charge >= 0.3 is 17.9 Å². The lowest BCUT2D eigenvalue weighted by Gasteiger charge is -2.24. The van der Waals surface area contributed by atoms with Crippen molar-refractivity contribution in [1.82, 2.24) is 0 Å². The molecule has 7 nitrogen and oxygen atoms in total. The Morgan fingerprint density at radius 2 is 1.50 bits per heavy atom. The highest BCUT2D eigenvalue weighted by molar-refractivity contribution is 6.03. The fraction of sp³-hybridized carbons (Fsp3) is 0.400. The fourth-order valence-corrected chi connectivity index (χ4v) is 3.93. The van der Waals surface area contributed by atoms with Gasteiger partial charge in [0.2, 0.25) is 5.54 Å². The molecule has 0 aliphatic heterocycles. The van der Waals surface area contributed by atoms with Gasteiger partial charge in [-0.2, -0.15) is 0 Å². The number of hydrogen-bond donors (Lipinski definition) is 2. The van der Waals surface area contributed by atoms with E-state index in [0.29, 0.717) is 0 Å². The Morgan fingerprint density at radius 1 is 0.969 bits per heavy atom. The third-order valence-electron chi connectivity index (χ3n) is 5.46. The lowest BCUT2D eigenvalue weighted by atomic mass is 9.93. The third-order valence-corrected chi connectivity index (χ3v) is 5.46. The molecule has 0 amide bonds. The molecule has 1 aliphatic carbocycles. The van der Waals surface area contributed by atoms with E-state index < -0.39 is 29.0 Å². The van der Waals surface area contributed by atoms with Crippen molar-refractivity contribution in [1.29, 1.82) is 0 Å². The van der Waals surface area contributed by atoms with Gasteiger partial charge in [-0.3, -0.25) is 4.79 Å². The predicted octanol–water partition coefficient (Wildman–Crippen LogP) is 3.64. The second-order valence-electron chi connectivity index (χ2n) is 9.04. The highest BCUT2D eigenvalue weighted by Crippen LogP contribution is 2.44. The van der Waals surface area contributed by atoms with Crippen LogP contribution in [-0.2, 0) is 23.9 Å². The largest absolute Gasteiger partial charge is 0.479 e. The molecule has 0 heterocycles. The van der Waals surface area contributed by atoms with Gasteiger partial charge in [0.05, 0.1) is 0 Å². The Bertz CT molecular complexity index is 980. The topological polar surface area (TPSA) is 116 Å². The molecular formula is C25H29NO6. The molecule has 1 atom stereocenters. The van der Waals surface area contributed by atoms with Gasteiger partial charge in [0.25, 0.3) is 0 Å². The van der Waals surface area contributed by atoms with Crippen LogP contribution in [0.25, 0.3) is 11.1 Å². The van der Waals surface area contributed by atoms with Crippen molar-refractivity contribution >= 4 is 17.9 Å². The van der Waals surface area contributed by atoms with Crippen LogP contribution in [0.15, 0.2) is 48.5 Å². The zero-order valence-electron chi connectivity index (χ0n) is 18.6. The number of carboxylic acids is 1. The van der Waals surface area contributed by atoms with E-state index >= 15 is 0 Å². The van der Waals surface area contributed by atoms with Gasteiger partial charge < -0.3 is 20.3 Å². The van der Waals surface area contributed by atoms with E-state index in [-0.39, 0.29) is 31.8 Å². The number of esters is 2. The first-order chi connectivity index (χ1) is 15.0. The summed E-state index contributed by atoms with van der Waals surface area (Å²) in [6.45, 7) is 5.20. The molecule has 0 saturated heterocycles. The fourth-order valence-electron chi connectivity index (χ4n) is 3.93. The second-order valence-corrected chi connectivity index (χ2v) is 9.04. The molecule has 0 spiro atoms. The molecule has 0 radical (unpaired) electrons. The summed E-state index contributed by atoms with van der Waals surface area (Å²) in [6, 6.07) is 15.7. The SMILES string of the molecule is CC(C)(C)OC(=O)CCCC(N)(C(=O)O)C(=O)OCC1c2ccccc2-c2ccccc21. The van der Waals surface area contributed by atoms with Crippen molar-refractivity contribution in [2.75, 3.05) is 6.61 Å². The normalized spacial score (nSPS) is 14.8. The van der Waals surface area contributed by atoms with Crippen LogP contribution < -0.4 is 5.73 Å². The Morgan fingerprint density at radius 3 is 2.00 bits per heavy atom. The van der Waals surface area contributed by atoms with E-state index in [1.807, 2.05) is 48.5 Å². The molecular weight excluding hydrogens is 410 g/mol. The van der Waals surface area contributed by atoms with Gasteiger partial charge in [-0.25, -0.2) is 9.59 Å². The number of nitrogens with two attached hydrogens (primary N) is 1. The van der Waals surface area contributed by atoms with Gasteiger partial charge in [0.1, 0.15) is 12.2 Å². The first kappa shape index (κ1) is 23.5. The average Bonchev–Trinajstić information content (AvgIpc) is 3.04. The van der Waals surface area contributed by atoms with E-state index in [0.717, 1.165) is 22.3 Å². The summed E-state index contributed by atoms with van der Waals surface area (Å²) in [5, 5.41) is 9.62. The highest BCUT2D eigenvalue weighted by Gasteiger charge is 2.44. The molecule has 0 saturated carbocycles. The maximum absolute atomic E-state index is 12.7. The minimum absolute atomic E-state index is 0.0227. The molecule has 170 valence electrons. The second kappa shape index (κ2) is 9.12. The number of aliphatic carboxylic acids is 1. The number of rotatable bonds is 8. The zero-order valence-corrected chi connectivity index (χ0v) is 18.6. The Kier molecular flexibility index (Phi) is 6.69. The monoisotopic (exact) mass is 439 g/mol. The van der Waals surface area contributed by atoms with E-state index in [1.165, 1.54) is 0 Å². The quantitative estimate of drug-likeness (QED) is 0.476. The van der Waals surface area contributed by atoms with Gasteiger partial charge in [-0.1, -0.05) is 48.5 Å². The number of benzene rings is 2. The van der Waals surface area contributed by atoms with E-state index in [2.05, 4.69) is 0 Å². The number of carboxylic acid groups (broad SMARTS) is 1. The lowest BCUT2D eigenvalue weighted by Crippen LogP contribution is -2.56. The zero-order chi connectivity index (χ0) is 23.5. The molecule has 32 heavy (non-hydrogen) atoms. The summed E-state index contributed by atoms with van der Waals surface area (Å²) >= 11 is 0. The van der Waals surface area contributed by atoms with Crippen LogP contribution in [0.4, 0.5) is 0 Å². The van der Waals surface area contributed by atoms with Gasteiger partial charge in [-0.15, -0.1) is 0 Å². The first-order valence-electron chi connectivity index (χ1n) is 10.6. The van der Waals surface area contributed by atoms with Crippen LogP contribution in [0.1, 0.15) is 57.1 Å². The van der Waals surface area contributed by atoms with Gasteiger partial charge in [-0.05, 0) is 55.9 Å². The summed E-state index contributed by atoms with van der Waals surface area (Å²) in [5.41, 5.74) is 7.24. The van der Waals surface area contributed by atoms with Crippen LogP contribution >= 0.6 is 0 Å². The summed E-state index contributed by atoms with van der Waals surface area (Å²) < 4.78 is 10.7. The predicted molar refractivity (Wildman–Crippen MR) is 119 cm³/mol. The van der Waals surface area contributed by atoms with Crippen molar-refractivity contribution in [2.24, 2.45) is 5.73 Å². The molecule has 3 rings (SSSR count). The first-order valence-corrected chi connectivity index (χ1v) is 10.6. The minimum atomic E-state index is -2.24. The minimum Gasteiger partial charge on any atom is -0.479 e. The summed E-state index contributed by atoms with van der Waals surface area (Å²) in [7, 11) is 0. The summed E-state index contributed by atoms with van der Waals surface area (Å²) in [4.78, 5) is 36.5. The van der Waals surface area contributed by atoms with Crippen LogP contribution in [0, 0.1) is 0 Å². The molecule has 0 fully saturated rings. The molecule has 1 aliphatic rings. The van der Waals surface area contributed by atoms with E-state index in [1.54, 1.807) is 20.8 Å². The molecule has 0 aromatic heterocycles. The average molecular weight is 440 g/mol. The number of ether oxygens (including phenoxy) is 2. The smallest absolute Gasteiger partial charge is 0.337 e. The Hall–Kier alpha value is -3.19. The van der Waals surface area contributed by atoms with Crippen LogP contribution in [-0.4, -0.2) is 40.8 Å². The molecule has 7 heteroatoms. The molecule has 0 bridgehead atoms. The summed E-state index contributed by atoms with van der Waals surface area (Å²) in [5.74, 6) is -3.18. The molecule has 2 aromatic rings.